The van der Waals surface area contributed by atoms with Crippen molar-refractivity contribution in [3.8, 4) is 0 Å². The maximum atomic E-state index is 13.4. The number of carbonyl (C=O) groups is 1. The summed E-state index contributed by atoms with van der Waals surface area (Å²) in [5, 5.41) is 121. The molecule has 558 valence electrons. The standard InChI is InChI=1S/C79H129NO18/c1-3-5-7-9-11-13-15-17-19-21-23-25-26-27-28-29-30-31-32-33-34-35-36-37-39-41-43-45-47-49-51-53-55-57-67(85)80-62(63(84)56-54-52-50-48-46-44-42-40-38-24-22-20-18-16-14-12-10-8-6-4-2)61-93-77-73(91)70(88)75(65(59-82)95-77)98-79-74(92)71(89)76(66(60-83)96-79)97-78-72(90)69(87)68(86)64(58-81)94-78/h5,7,11,13,17,19,23,25,27-28,30-31,33-34,36-37,41,43,46-49,54,56,62-66,68-79,81-84,86-92H,3-4,6,8-10,12,14-16,18,20-22,24,26,29,32,35,38-40,42,44-45,50-53,55,57-61H2,1-2H3,(H,80,85)/b7-5-,13-11-,19-17-,25-23-,28-27-,31-30-,34-33-,37-36-,43-41-,48-46+,49-47-,56-54+. The summed E-state index contributed by atoms with van der Waals surface area (Å²) in [4.78, 5) is 13.4. The van der Waals surface area contributed by atoms with Crippen LogP contribution in [-0.2, 0) is 33.2 Å². The van der Waals surface area contributed by atoms with Gasteiger partial charge < -0.3 is 89.9 Å². The quantitative estimate of drug-likeness (QED) is 0.0199. The van der Waals surface area contributed by atoms with Crippen LogP contribution in [0.15, 0.2) is 146 Å². The Hall–Kier alpha value is -4.33. The van der Waals surface area contributed by atoms with Crippen molar-refractivity contribution in [3.05, 3.63) is 146 Å². The molecule has 3 heterocycles. The van der Waals surface area contributed by atoms with E-state index in [1.807, 2.05) is 6.08 Å². The minimum absolute atomic E-state index is 0.170. The topological polar surface area (TPSA) is 307 Å². The van der Waals surface area contributed by atoms with Crippen LogP contribution in [0.5, 0.6) is 0 Å². The van der Waals surface area contributed by atoms with E-state index in [9.17, 15) is 61.0 Å². The molecule has 0 aromatic rings. The van der Waals surface area contributed by atoms with Crippen molar-refractivity contribution in [2.75, 3.05) is 26.4 Å². The zero-order valence-electron chi connectivity index (χ0n) is 59.2. The van der Waals surface area contributed by atoms with Crippen molar-refractivity contribution in [3.63, 3.8) is 0 Å². The molecule has 0 aliphatic carbocycles. The molecule has 0 spiro atoms. The normalized spacial score (nSPS) is 27.6. The predicted molar refractivity (Wildman–Crippen MR) is 387 cm³/mol. The second-order valence-corrected chi connectivity index (χ2v) is 25.7. The molecule has 0 bridgehead atoms. The number of hydrogen-bond donors (Lipinski definition) is 12. The summed E-state index contributed by atoms with van der Waals surface area (Å²) in [6.45, 7) is 1.55. The van der Waals surface area contributed by atoms with Crippen molar-refractivity contribution in [1.82, 2.24) is 5.32 Å². The van der Waals surface area contributed by atoms with Crippen LogP contribution in [0.25, 0.3) is 0 Å². The lowest BCUT2D eigenvalue weighted by Gasteiger charge is -2.48. The van der Waals surface area contributed by atoms with Gasteiger partial charge in [0.1, 0.15) is 73.2 Å². The zero-order valence-corrected chi connectivity index (χ0v) is 59.2. The highest BCUT2D eigenvalue weighted by atomic mass is 16.8. The van der Waals surface area contributed by atoms with Crippen molar-refractivity contribution in [2.24, 2.45) is 0 Å². The van der Waals surface area contributed by atoms with Gasteiger partial charge >= 0.3 is 0 Å². The van der Waals surface area contributed by atoms with Crippen molar-refractivity contribution in [1.29, 1.82) is 0 Å². The third-order valence-corrected chi connectivity index (χ3v) is 17.4. The number of nitrogens with one attached hydrogen (secondary N) is 1. The van der Waals surface area contributed by atoms with Gasteiger partial charge in [-0.25, -0.2) is 0 Å². The van der Waals surface area contributed by atoms with E-state index in [0.717, 1.165) is 96.3 Å². The minimum Gasteiger partial charge on any atom is -0.394 e. The monoisotopic (exact) mass is 1380 g/mol. The zero-order chi connectivity index (χ0) is 71.1. The van der Waals surface area contributed by atoms with E-state index in [2.05, 4.69) is 153 Å². The van der Waals surface area contributed by atoms with E-state index < -0.39 is 131 Å². The molecular weight excluding hydrogens is 1250 g/mol. The third kappa shape index (κ3) is 38.6. The first-order chi connectivity index (χ1) is 47.8. The Morgan fingerprint density at radius 2 is 0.714 bits per heavy atom. The van der Waals surface area contributed by atoms with Crippen LogP contribution in [0.1, 0.15) is 213 Å². The van der Waals surface area contributed by atoms with Gasteiger partial charge in [-0.1, -0.05) is 243 Å². The number of aliphatic hydroxyl groups is 11. The van der Waals surface area contributed by atoms with Gasteiger partial charge in [-0.3, -0.25) is 4.79 Å². The summed E-state index contributed by atoms with van der Waals surface area (Å²) in [7, 11) is 0. The molecule has 0 saturated carbocycles. The van der Waals surface area contributed by atoms with E-state index >= 15 is 0 Å². The fourth-order valence-corrected chi connectivity index (χ4v) is 11.4. The van der Waals surface area contributed by atoms with Crippen molar-refractivity contribution < 1.29 is 89.4 Å². The Balaban J connectivity index is 1.44. The molecule has 3 aliphatic heterocycles. The molecule has 17 unspecified atom stereocenters. The molecule has 3 fully saturated rings. The van der Waals surface area contributed by atoms with Crippen LogP contribution in [0.4, 0.5) is 0 Å². The average Bonchev–Trinajstić information content (AvgIpc) is 0.782. The van der Waals surface area contributed by atoms with Crippen molar-refractivity contribution in [2.45, 2.75) is 317 Å². The van der Waals surface area contributed by atoms with E-state index in [-0.39, 0.29) is 12.3 Å². The number of amides is 1. The van der Waals surface area contributed by atoms with Gasteiger partial charge in [0.2, 0.25) is 5.91 Å². The number of hydrogen-bond acceptors (Lipinski definition) is 18. The predicted octanol–water partition coefficient (Wildman–Crippen LogP) is 11.1. The SMILES string of the molecule is CC/C=C\C/C=C\C/C=C\C/C=C\C/C=C\C/C=C\C/C=C\C/C=C\C/C=C\C/C=C\CCCCC(=O)NC(COC1OC(CO)C(OC2OC(CO)C(OC3OC(CO)C(O)C(O)C3O)C(O)C2O)C(O)C1O)C(O)/C=C/CC/C=C/CCCCCCCCCCCCCCCC. The summed E-state index contributed by atoms with van der Waals surface area (Å²) in [6.07, 6.45) is 56.8. The largest absolute Gasteiger partial charge is 0.394 e. The highest BCUT2D eigenvalue weighted by molar-refractivity contribution is 5.76. The molecule has 0 aromatic heterocycles. The summed E-state index contributed by atoms with van der Waals surface area (Å²) in [5.74, 6) is -0.333. The molecule has 3 rings (SSSR count). The molecule has 0 aromatic carbocycles. The van der Waals surface area contributed by atoms with Crippen molar-refractivity contribution >= 4 is 5.91 Å². The third-order valence-electron chi connectivity index (χ3n) is 17.4. The second-order valence-electron chi connectivity index (χ2n) is 25.7. The van der Waals surface area contributed by atoms with E-state index in [4.69, 9.17) is 28.4 Å². The van der Waals surface area contributed by atoms with Crippen LogP contribution < -0.4 is 5.32 Å². The van der Waals surface area contributed by atoms with Crippen LogP contribution in [0, 0.1) is 0 Å². The van der Waals surface area contributed by atoms with Crippen LogP contribution in [0.3, 0.4) is 0 Å². The van der Waals surface area contributed by atoms with Crippen LogP contribution in [-0.4, -0.2) is 193 Å². The molecule has 98 heavy (non-hydrogen) atoms. The molecule has 12 N–H and O–H groups in total. The number of unbranched alkanes of at least 4 members (excludes halogenated alkanes) is 17. The Labute approximate surface area is 587 Å². The summed E-state index contributed by atoms with van der Waals surface area (Å²) in [6, 6.07) is -1.03. The first kappa shape index (κ1) is 87.9. The first-order valence-electron chi connectivity index (χ1n) is 37.1. The van der Waals surface area contributed by atoms with Gasteiger partial charge in [-0.2, -0.15) is 0 Å². The Morgan fingerprint density at radius 1 is 0.378 bits per heavy atom. The van der Waals surface area contributed by atoms with E-state index in [1.165, 1.54) is 83.5 Å². The number of allylic oxidation sites excluding steroid dienone is 23. The lowest BCUT2D eigenvalue weighted by Crippen LogP contribution is -2.66. The molecule has 3 aliphatic rings. The van der Waals surface area contributed by atoms with E-state index in [1.54, 1.807) is 6.08 Å². The molecule has 3 saturated heterocycles. The van der Waals surface area contributed by atoms with Gasteiger partial charge in [0.05, 0.1) is 38.6 Å². The van der Waals surface area contributed by atoms with Crippen LogP contribution in [0.2, 0.25) is 0 Å². The summed E-state index contributed by atoms with van der Waals surface area (Å²) < 4.78 is 34.3. The highest BCUT2D eigenvalue weighted by Gasteiger charge is 2.53. The number of aliphatic hydroxyl groups excluding tert-OH is 11. The van der Waals surface area contributed by atoms with Gasteiger partial charge in [0, 0.05) is 6.42 Å². The van der Waals surface area contributed by atoms with Gasteiger partial charge in [0.15, 0.2) is 18.9 Å². The summed E-state index contributed by atoms with van der Waals surface area (Å²) >= 11 is 0. The lowest BCUT2D eigenvalue weighted by atomic mass is 9.96. The average molecular weight is 1380 g/mol. The Kier molecular flexibility index (Phi) is 52.2. The number of rotatable bonds is 55. The number of ether oxygens (including phenoxy) is 6. The Bertz CT molecular complexity index is 2340. The molecule has 1 amide bonds. The van der Waals surface area contributed by atoms with Crippen LogP contribution >= 0.6 is 0 Å². The summed E-state index contributed by atoms with van der Waals surface area (Å²) in [5.41, 5.74) is 0. The fraction of sp³-hybridized carbons (Fsp3) is 0.684. The maximum absolute atomic E-state index is 13.4. The highest BCUT2D eigenvalue weighted by Crippen LogP contribution is 2.33. The molecule has 19 heteroatoms. The maximum Gasteiger partial charge on any atom is 0.220 e. The lowest BCUT2D eigenvalue weighted by molar-refractivity contribution is -0.379. The second kappa shape index (κ2) is 58.2. The van der Waals surface area contributed by atoms with E-state index in [0.29, 0.717) is 12.8 Å². The van der Waals surface area contributed by atoms with Gasteiger partial charge in [0.25, 0.3) is 0 Å². The Morgan fingerprint density at radius 3 is 1.14 bits per heavy atom. The van der Waals surface area contributed by atoms with Gasteiger partial charge in [-0.05, 0) is 109 Å². The first-order valence-corrected chi connectivity index (χ1v) is 37.1. The fourth-order valence-electron chi connectivity index (χ4n) is 11.4. The molecular formula is C79H129NO18. The van der Waals surface area contributed by atoms with Gasteiger partial charge in [-0.15, -0.1) is 0 Å². The molecule has 0 radical (unpaired) electrons. The molecule has 19 nitrogen and oxygen atoms in total. The smallest absolute Gasteiger partial charge is 0.220 e. The minimum atomic E-state index is -1.99. The number of carbonyl (C=O) groups excluding carboxylic acids is 1. The molecule has 17 atom stereocenters.